The van der Waals surface area contributed by atoms with Crippen molar-refractivity contribution in [2.45, 2.75) is 27.2 Å². The van der Waals surface area contributed by atoms with Crippen LogP contribution in [0.1, 0.15) is 26.3 Å². The molecular formula is C26H35N3O4S. The second kappa shape index (κ2) is 12.4. The van der Waals surface area contributed by atoms with E-state index in [1.54, 1.807) is 7.05 Å². The van der Waals surface area contributed by atoms with Gasteiger partial charge in [0.15, 0.2) is 0 Å². The van der Waals surface area contributed by atoms with Gasteiger partial charge in [-0.3, -0.25) is 8.98 Å². The zero-order valence-corrected chi connectivity index (χ0v) is 21.6. The molecule has 1 unspecified atom stereocenters. The Bertz CT molecular complexity index is 1220. The molecule has 1 amide bonds. The van der Waals surface area contributed by atoms with Crippen LogP contribution < -0.4 is 10.2 Å². The lowest BCUT2D eigenvalue weighted by Crippen LogP contribution is -2.34. The Labute approximate surface area is 203 Å². The van der Waals surface area contributed by atoms with E-state index < -0.39 is 10.1 Å². The summed E-state index contributed by atoms with van der Waals surface area (Å²) in [6, 6.07) is 6.18. The predicted octanol–water partition coefficient (Wildman–Crippen LogP) is 4.47. The molecule has 1 aliphatic carbocycles. The molecule has 0 saturated heterocycles. The largest absolute Gasteiger partial charge is 0.384 e. The maximum absolute atomic E-state index is 13.2. The van der Waals surface area contributed by atoms with Crippen molar-refractivity contribution in [3.8, 4) is 0 Å². The topological polar surface area (TPSA) is 91.5 Å². The molecule has 2 aromatic rings. The molecule has 7 nitrogen and oxygen atoms in total. The number of aromatic amines is 1. The summed E-state index contributed by atoms with van der Waals surface area (Å²) in [5.41, 5.74) is 5.01. The molecule has 1 aromatic carbocycles. The number of hydrogen-bond donors (Lipinski definition) is 2. The molecule has 0 fully saturated rings. The number of fused-ring (bicyclic) bond motifs is 3. The number of aromatic nitrogens is 1. The third-order valence-corrected chi connectivity index (χ3v) is 5.96. The monoisotopic (exact) mass is 485 g/mol. The summed E-state index contributed by atoms with van der Waals surface area (Å²) in [6.45, 7) is 6.85. The summed E-state index contributed by atoms with van der Waals surface area (Å²) in [4.78, 5) is 18.3. The number of amides is 1. The second-order valence-electron chi connectivity index (χ2n) is 7.66. The van der Waals surface area contributed by atoms with E-state index in [-0.39, 0.29) is 5.91 Å². The zero-order chi connectivity index (χ0) is 25.3. The summed E-state index contributed by atoms with van der Waals surface area (Å²) in [5.74, 6) is 0.414. The van der Waals surface area contributed by atoms with Gasteiger partial charge in [0.1, 0.15) is 5.70 Å². The summed E-state index contributed by atoms with van der Waals surface area (Å²) in [7, 11) is -0.241. The molecule has 2 aliphatic rings. The van der Waals surface area contributed by atoms with E-state index in [4.69, 9.17) is 0 Å². The van der Waals surface area contributed by atoms with Gasteiger partial charge in [0.05, 0.1) is 13.4 Å². The molecule has 184 valence electrons. The zero-order valence-electron chi connectivity index (χ0n) is 20.8. The quantitative estimate of drug-likeness (QED) is 0.493. The van der Waals surface area contributed by atoms with E-state index >= 15 is 0 Å². The van der Waals surface area contributed by atoms with Crippen LogP contribution >= 0.6 is 0 Å². The van der Waals surface area contributed by atoms with Crippen LogP contribution in [0.15, 0.2) is 72.1 Å². The van der Waals surface area contributed by atoms with Gasteiger partial charge in [-0.25, -0.2) is 0 Å². The molecule has 34 heavy (non-hydrogen) atoms. The highest BCUT2D eigenvalue weighted by molar-refractivity contribution is 7.85. The Hall–Kier alpha value is -3.10. The smallest absolute Gasteiger partial charge is 0.274 e. The highest BCUT2D eigenvalue weighted by atomic mass is 32.2. The number of hydrogen-bond acceptors (Lipinski definition) is 5. The number of nitrogens with zero attached hydrogens (tertiary/aromatic N) is 1. The van der Waals surface area contributed by atoms with Gasteiger partial charge in [-0.05, 0) is 47.8 Å². The normalized spacial score (nSPS) is 17.1. The minimum atomic E-state index is -3.16. The Kier molecular flexibility index (Phi) is 9.89. The van der Waals surface area contributed by atoms with Gasteiger partial charge in [-0.1, -0.05) is 51.2 Å². The maximum Gasteiger partial charge on any atom is 0.274 e. The molecule has 0 saturated carbocycles. The Morgan fingerprint density at radius 2 is 1.94 bits per heavy atom. The van der Waals surface area contributed by atoms with E-state index in [9.17, 15) is 13.2 Å². The van der Waals surface area contributed by atoms with Gasteiger partial charge >= 0.3 is 0 Å². The minimum absolute atomic E-state index is 0.0108. The maximum atomic E-state index is 13.2. The number of rotatable bonds is 4. The third-order valence-electron chi connectivity index (χ3n) is 5.35. The van der Waals surface area contributed by atoms with Crippen molar-refractivity contribution in [2.75, 3.05) is 31.9 Å². The molecule has 0 bridgehead atoms. The van der Waals surface area contributed by atoms with Gasteiger partial charge in [-0.15, -0.1) is 0 Å². The number of anilines is 1. The molecule has 2 heterocycles. The number of likely N-dealkylation sites (N-methyl/N-ethyl adjacent to an activating group) is 1. The van der Waals surface area contributed by atoms with Gasteiger partial charge < -0.3 is 15.2 Å². The highest BCUT2D eigenvalue weighted by Crippen LogP contribution is 2.34. The second-order valence-corrected chi connectivity index (χ2v) is 9.40. The van der Waals surface area contributed by atoms with Crippen molar-refractivity contribution in [1.82, 2.24) is 10.3 Å². The summed E-state index contributed by atoms with van der Waals surface area (Å²) in [5, 5.41) is 4.30. The molecule has 8 heteroatoms. The third kappa shape index (κ3) is 6.95. The minimum Gasteiger partial charge on any atom is -0.384 e. The van der Waals surface area contributed by atoms with Crippen molar-refractivity contribution in [3.05, 3.63) is 77.7 Å². The molecule has 1 aliphatic heterocycles. The van der Waals surface area contributed by atoms with Crippen molar-refractivity contribution >= 4 is 32.6 Å². The average Bonchev–Trinajstić information content (AvgIpc) is 3.42. The van der Waals surface area contributed by atoms with Crippen LogP contribution in [0.2, 0.25) is 0 Å². The number of nitrogens with one attached hydrogen (secondary N) is 2. The Morgan fingerprint density at radius 3 is 2.59 bits per heavy atom. The number of allylic oxidation sites excluding steroid dienone is 7. The lowest BCUT2D eigenvalue weighted by Gasteiger charge is -2.19. The lowest BCUT2D eigenvalue weighted by molar-refractivity contribution is -0.115. The summed E-state index contributed by atoms with van der Waals surface area (Å²) in [6.07, 6.45) is 16.2. The SMILES string of the molecule is CC.CN/C(=C\C1=CC=CC(C)C=C1)C(=O)N1CCc2c1ccc1[nH]ccc21.COS(C)(=O)=O. The molecule has 1 atom stereocenters. The van der Waals surface area contributed by atoms with Gasteiger partial charge in [0, 0.05) is 36.4 Å². The van der Waals surface area contributed by atoms with Crippen LogP contribution in [0, 0.1) is 5.92 Å². The summed E-state index contributed by atoms with van der Waals surface area (Å²) < 4.78 is 23.5. The molecule has 0 radical (unpaired) electrons. The van der Waals surface area contributed by atoms with Crippen molar-refractivity contribution < 1.29 is 17.4 Å². The van der Waals surface area contributed by atoms with Gasteiger partial charge in [0.25, 0.3) is 16.0 Å². The van der Waals surface area contributed by atoms with Crippen molar-refractivity contribution in [3.63, 3.8) is 0 Å². The van der Waals surface area contributed by atoms with Gasteiger partial charge in [0.2, 0.25) is 0 Å². The van der Waals surface area contributed by atoms with Crippen LogP contribution in [-0.2, 0) is 25.5 Å². The molecule has 1 aromatic heterocycles. The highest BCUT2D eigenvalue weighted by Gasteiger charge is 2.28. The number of H-pyrrole nitrogens is 1. The lowest BCUT2D eigenvalue weighted by atomic mass is 10.1. The first-order chi connectivity index (χ1) is 16.2. The van der Waals surface area contributed by atoms with Crippen LogP contribution in [0.3, 0.4) is 0 Å². The Morgan fingerprint density at radius 1 is 1.24 bits per heavy atom. The fourth-order valence-corrected chi connectivity index (χ4v) is 3.63. The number of benzene rings is 1. The molecular weight excluding hydrogens is 450 g/mol. The van der Waals surface area contributed by atoms with Crippen LogP contribution in [0.25, 0.3) is 10.9 Å². The number of carbonyl (C=O) groups excluding carboxylic acids is 1. The first-order valence-electron chi connectivity index (χ1n) is 11.4. The average molecular weight is 486 g/mol. The van der Waals surface area contributed by atoms with E-state index in [1.165, 1.54) is 10.9 Å². The molecule has 0 spiro atoms. The Balaban J connectivity index is 0.000000447. The van der Waals surface area contributed by atoms with Crippen LogP contribution in [0.4, 0.5) is 5.69 Å². The van der Waals surface area contributed by atoms with Crippen molar-refractivity contribution in [2.24, 2.45) is 5.92 Å². The van der Waals surface area contributed by atoms with Crippen LogP contribution in [-0.4, -0.2) is 46.3 Å². The fraction of sp³-hybridized carbons (Fsp3) is 0.346. The first-order valence-corrected chi connectivity index (χ1v) is 13.2. The number of carbonyl (C=O) groups is 1. The van der Waals surface area contributed by atoms with Crippen molar-refractivity contribution in [1.29, 1.82) is 0 Å². The first kappa shape index (κ1) is 27.1. The standard InChI is InChI=1S/C22H23N3O.C2H6O3S.C2H6/c1-15-4-3-5-16(7-6-15)14-20(23-2)22(26)25-13-11-18-17-10-12-24-19(17)8-9-21(18)25;1-5-6(2,3)4;1-2/h3-10,12,14-15,23-24H,11,13H2,1-2H3;1-2H3;1-2H3/b20-14-;;. The fourth-order valence-electron chi connectivity index (χ4n) is 3.63. The molecule has 2 N–H and O–H groups in total. The van der Waals surface area contributed by atoms with Gasteiger partial charge in [-0.2, -0.15) is 8.42 Å². The van der Waals surface area contributed by atoms with E-state index in [0.717, 1.165) is 36.6 Å². The summed E-state index contributed by atoms with van der Waals surface area (Å²) >= 11 is 0. The predicted molar refractivity (Wildman–Crippen MR) is 140 cm³/mol. The van der Waals surface area contributed by atoms with E-state index in [1.807, 2.05) is 55.3 Å². The van der Waals surface area contributed by atoms with E-state index in [2.05, 4.69) is 45.7 Å². The molecule has 4 rings (SSSR count). The van der Waals surface area contributed by atoms with Crippen LogP contribution in [0.5, 0.6) is 0 Å². The van der Waals surface area contributed by atoms with E-state index in [0.29, 0.717) is 18.2 Å².